The van der Waals surface area contributed by atoms with Crippen LogP contribution in [0.4, 0.5) is 4.39 Å². The lowest BCUT2D eigenvalue weighted by Gasteiger charge is -2.34. The summed E-state index contributed by atoms with van der Waals surface area (Å²) >= 11 is 2.03. The summed E-state index contributed by atoms with van der Waals surface area (Å²) in [7, 11) is 0. The van der Waals surface area contributed by atoms with Crippen LogP contribution in [0.2, 0.25) is 0 Å². The lowest BCUT2D eigenvalue weighted by atomic mass is 10.1. The van der Waals surface area contributed by atoms with Crippen LogP contribution in [0, 0.1) is 5.82 Å². The number of thioether (sulfide) groups is 1. The highest BCUT2D eigenvalue weighted by atomic mass is 32.2. The quantitative estimate of drug-likeness (QED) is 0.655. The molecule has 1 saturated heterocycles. The van der Waals surface area contributed by atoms with E-state index in [-0.39, 0.29) is 12.6 Å². The van der Waals surface area contributed by atoms with E-state index in [1.165, 1.54) is 12.1 Å². The highest BCUT2D eigenvalue weighted by Gasteiger charge is 2.22. The van der Waals surface area contributed by atoms with Crippen LogP contribution in [0.3, 0.4) is 0 Å². The Labute approximate surface area is 153 Å². The molecule has 1 atom stereocenters. The third-order valence-corrected chi connectivity index (χ3v) is 5.75. The summed E-state index contributed by atoms with van der Waals surface area (Å²) in [5.74, 6) is 2.45. The molecule has 138 valence electrons. The maximum absolute atomic E-state index is 13.9. The second-order valence-corrected chi connectivity index (χ2v) is 7.59. The van der Waals surface area contributed by atoms with Gasteiger partial charge in [0.25, 0.3) is 0 Å². The fourth-order valence-corrected chi connectivity index (χ4v) is 4.30. The van der Waals surface area contributed by atoms with Crippen molar-refractivity contribution in [2.45, 2.75) is 38.7 Å². The summed E-state index contributed by atoms with van der Waals surface area (Å²) in [5.41, 5.74) is 1.52. The normalized spacial score (nSPS) is 20.8. The topological polar surface area (TPSA) is 46.1 Å². The fourth-order valence-electron chi connectivity index (χ4n) is 3.12. The molecule has 1 aromatic carbocycles. The molecule has 5 nitrogen and oxygen atoms in total. The minimum atomic E-state index is -0.275. The predicted molar refractivity (Wildman–Crippen MR) is 99.6 cm³/mol. The molecule has 2 aliphatic rings. The first-order valence-corrected chi connectivity index (χ1v) is 9.92. The molecule has 0 amide bonds. The standard InChI is InChI=1S/C18H26FN3O2S/c1-3-16-10-22(5-6-25-16)18(20-4-2)21-9-13-7-15(19)8-14-11-23-12-24-17(13)14/h7-8,16H,3-6,9-12H2,1-2H3,(H,20,21). The molecule has 0 aliphatic carbocycles. The van der Waals surface area contributed by atoms with Gasteiger partial charge < -0.3 is 19.7 Å². The van der Waals surface area contributed by atoms with Gasteiger partial charge in [0, 0.05) is 41.8 Å². The number of hydrogen-bond acceptors (Lipinski definition) is 4. The van der Waals surface area contributed by atoms with Crippen molar-refractivity contribution in [1.82, 2.24) is 10.2 Å². The summed E-state index contributed by atoms with van der Waals surface area (Å²) in [5, 5.41) is 4.01. The molecule has 7 heteroatoms. The first-order valence-electron chi connectivity index (χ1n) is 8.88. The minimum Gasteiger partial charge on any atom is -0.467 e. The van der Waals surface area contributed by atoms with Gasteiger partial charge in [-0.2, -0.15) is 11.8 Å². The van der Waals surface area contributed by atoms with Gasteiger partial charge in [0.1, 0.15) is 11.6 Å². The fraction of sp³-hybridized carbons (Fsp3) is 0.611. The molecule has 0 saturated carbocycles. The van der Waals surface area contributed by atoms with Gasteiger partial charge in [-0.15, -0.1) is 0 Å². The van der Waals surface area contributed by atoms with Crippen LogP contribution in [0.1, 0.15) is 31.4 Å². The van der Waals surface area contributed by atoms with Crippen molar-refractivity contribution in [3.8, 4) is 5.75 Å². The summed E-state index contributed by atoms with van der Waals surface area (Å²) in [4.78, 5) is 7.07. The molecule has 2 aliphatic heterocycles. The van der Waals surface area contributed by atoms with Gasteiger partial charge in [0.15, 0.2) is 12.8 Å². The molecule has 0 radical (unpaired) electrons. The van der Waals surface area contributed by atoms with Gasteiger partial charge in [-0.25, -0.2) is 9.38 Å². The van der Waals surface area contributed by atoms with Crippen LogP contribution in [0.15, 0.2) is 17.1 Å². The van der Waals surface area contributed by atoms with E-state index in [4.69, 9.17) is 14.5 Å². The summed E-state index contributed by atoms with van der Waals surface area (Å²) < 4.78 is 24.7. The Bertz CT molecular complexity index is 627. The first-order chi connectivity index (χ1) is 12.2. The molecule has 0 aromatic heterocycles. The molecule has 1 N–H and O–H groups in total. The van der Waals surface area contributed by atoms with Gasteiger partial charge >= 0.3 is 0 Å². The van der Waals surface area contributed by atoms with Crippen molar-refractivity contribution in [1.29, 1.82) is 0 Å². The largest absolute Gasteiger partial charge is 0.467 e. The van der Waals surface area contributed by atoms with Crippen LogP contribution in [0.5, 0.6) is 5.75 Å². The van der Waals surface area contributed by atoms with Crippen LogP contribution >= 0.6 is 11.8 Å². The van der Waals surface area contributed by atoms with E-state index in [0.717, 1.165) is 48.9 Å². The van der Waals surface area contributed by atoms with E-state index in [1.54, 1.807) is 0 Å². The van der Waals surface area contributed by atoms with Crippen LogP contribution < -0.4 is 10.1 Å². The Hall–Kier alpha value is -1.47. The van der Waals surface area contributed by atoms with Crippen LogP contribution in [0.25, 0.3) is 0 Å². The lowest BCUT2D eigenvalue weighted by molar-refractivity contribution is -0.0172. The number of benzene rings is 1. The van der Waals surface area contributed by atoms with Gasteiger partial charge in [0.05, 0.1) is 13.2 Å². The monoisotopic (exact) mass is 367 g/mol. The average molecular weight is 367 g/mol. The SMILES string of the molecule is CCNC(=NCc1cc(F)cc2c1OCOC2)N1CCSC(CC)C1. The summed E-state index contributed by atoms with van der Waals surface area (Å²) in [6.07, 6.45) is 1.16. The maximum atomic E-state index is 13.9. The van der Waals surface area contributed by atoms with E-state index in [9.17, 15) is 4.39 Å². The molecular formula is C18H26FN3O2S. The number of rotatable bonds is 4. The number of fused-ring (bicyclic) bond motifs is 1. The molecule has 2 heterocycles. The number of ether oxygens (including phenoxy) is 2. The molecule has 25 heavy (non-hydrogen) atoms. The Kier molecular flexibility index (Phi) is 6.42. The lowest BCUT2D eigenvalue weighted by Crippen LogP contribution is -2.48. The Morgan fingerprint density at radius 1 is 1.44 bits per heavy atom. The predicted octanol–water partition coefficient (Wildman–Crippen LogP) is 2.99. The Morgan fingerprint density at radius 3 is 3.12 bits per heavy atom. The van der Waals surface area contributed by atoms with Gasteiger partial charge in [-0.1, -0.05) is 6.92 Å². The maximum Gasteiger partial charge on any atom is 0.194 e. The number of aliphatic imine (C=N–C) groups is 1. The van der Waals surface area contributed by atoms with Crippen molar-refractivity contribution in [3.05, 3.63) is 29.1 Å². The van der Waals surface area contributed by atoms with Crippen molar-refractivity contribution in [3.63, 3.8) is 0 Å². The van der Waals surface area contributed by atoms with Crippen LogP contribution in [-0.4, -0.2) is 48.3 Å². The van der Waals surface area contributed by atoms with E-state index in [0.29, 0.717) is 24.2 Å². The zero-order valence-corrected chi connectivity index (χ0v) is 15.7. The Balaban J connectivity index is 1.79. The molecule has 1 aromatic rings. The smallest absolute Gasteiger partial charge is 0.194 e. The zero-order chi connectivity index (χ0) is 17.6. The second-order valence-electron chi connectivity index (χ2n) is 6.18. The second kappa shape index (κ2) is 8.76. The van der Waals surface area contributed by atoms with Gasteiger partial charge in [-0.05, 0) is 25.5 Å². The van der Waals surface area contributed by atoms with Gasteiger partial charge in [0.2, 0.25) is 0 Å². The number of guanidine groups is 1. The summed E-state index contributed by atoms with van der Waals surface area (Å²) in [6, 6.07) is 2.98. The number of halogens is 1. The third-order valence-electron chi connectivity index (χ3n) is 4.38. The summed E-state index contributed by atoms with van der Waals surface area (Å²) in [6.45, 7) is 8.06. The van der Waals surface area contributed by atoms with Crippen molar-refractivity contribution in [2.24, 2.45) is 4.99 Å². The molecule has 3 rings (SSSR count). The minimum absolute atomic E-state index is 0.205. The van der Waals surface area contributed by atoms with E-state index in [1.807, 2.05) is 11.8 Å². The molecule has 1 fully saturated rings. The van der Waals surface area contributed by atoms with E-state index >= 15 is 0 Å². The highest BCUT2D eigenvalue weighted by Crippen LogP contribution is 2.30. The average Bonchev–Trinajstić information content (AvgIpc) is 2.64. The molecule has 0 spiro atoms. The van der Waals surface area contributed by atoms with Crippen molar-refractivity contribution >= 4 is 17.7 Å². The number of nitrogens with zero attached hydrogens (tertiary/aromatic N) is 2. The molecule has 0 bridgehead atoms. The number of hydrogen-bond donors (Lipinski definition) is 1. The van der Waals surface area contributed by atoms with E-state index in [2.05, 4.69) is 24.1 Å². The zero-order valence-electron chi connectivity index (χ0n) is 14.9. The highest BCUT2D eigenvalue weighted by molar-refractivity contribution is 8.00. The van der Waals surface area contributed by atoms with Crippen molar-refractivity contribution in [2.75, 3.05) is 32.2 Å². The molecule has 1 unspecified atom stereocenters. The van der Waals surface area contributed by atoms with E-state index < -0.39 is 0 Å². The third kappa shape index (κ3) is 4.58. The number of nitrogens with one attached hydrogen (secondary N) is 1. The van der Waals surface area contributed by atoms with Crippen molar-refractivity contribution < 1.29 is 13.9 Å². The first kappa shape index (κ1) is 18.3. The van der Waals surface area contributed by atoms with Gasteiger partial charge in [-0.3, -0.25) is 0 Å². The van der Waals surface area contributed by atoms with Crippen LogP contribution in [-0.2, 0) is 17.9 Å². The molecular weight excluding hydrogens is 341 g/mol. The Morgan fingerprint density at radius 2 is 2.32 bits per heavy atom.